The van der Waals surface area contributed by atoms with Gasteiger partial charge in [-0.05, 0) is 73.9 Å². The molecule has 8 heteroatoms. The van der Waals surface area contributed by atoms with E-state index in [1.807, 2.05) is 36.1 Å². The van der Waals surface area contributed by atoms with Crippen molar-refractivity contribution in [1.82, 2.24) is 9.62 Å². The molecule has 2 heterocycles. The Hall–Kier alpha value is -3.10. The summed E-state index contributed by atoms with van der Waals surface area (Å²) in [5.74, 6) is 1.23. The van der Waals surface area contributed by atoms with Crippen molar-refractivity contribution in [2.75, 3.05) is 13.2 Å². The number of hydrogen-bond donors (Lipinski definition) is 1. The fourth-order valence-electron chi connectivity index (χ4n) is 3.91. The Balaban J connectivity index is 1.45. The van der Waals surface area contributed by atoms with Gasteiger partial charge < -0.3 is 14.1 Å². The molecule has 1 aliphatic rings. The van der Waals surface area contributed by atoms with Crippen LogP contribution in [0.2, 0.25) is 0 Å². The number of carbonyl (C=O) groups excluding carboxylic acids is 1. The van der Waals surface area contributed by atoms with E-state index < -0.39 is 10.0 Å². The number of rotatable bonds is 8. The zero-order chi connectivity index (χ0) is 22.6. The van der Waals surface area contributed by atoms with Crippen LogP contribution in [0.1, 0.15) is 47.5 Å². The van der Waals surface area contributed by atoms with Gasteiger partial charge in [0.25, 0.3) is 5.91 Å². The predicted octanol–water partition coefficient (Wildman–Crippen LogP) is 4.13. The van der Waals surface area contributed by atoms with Crippen LogP contribution >= 0.6 is 0 Å². The summed E-state index contributed by atoms with van der Waals surface area (Å²) >= 11 is 0. The molecule has 168 valence electrons. The molecular weight excluding hydrogens is 428 g/mol. The summed E-state index contributed by atoms with van der Waals surface area (Å²) in [6, 6.07) is 17.3. The molecule has 1 aliphatic heterocycles. The molecule has 1 fully saturated rings. The molecule has 32 heavy (non-hydrogen) atoms. The largest absolute Gasteiger partial charge is 0.494 e. The first kappa shape index (κ1) is 22.1. The molecule has 0 aliphatic carbocycles. The average molecular weight is 455 g/mol. The van der Waals surface area contributed by atoms with Crippen LogP contribution < -0.4 is 9.46 Å². The summed E-state index contributed by atoms with van der Waals surface area (Å²) in [5, 5.41) is 0. The maximum Gasteiger partial charge on any atom is 0.254 e. The molecule has 3 aromatic rings. The Morgan fingerprint density at radius 3 is 2.53 bits per heavy atom. The number of furan rings is 1. The third kappa shape index (κ3) is 4.87. The lowest BCUT2D eigenvalue weighted by Crippen LogP contribution is -2.30. The molecule has 1 saturated heterocycles. The molecule has 1 aromatic heterocycles. The highest BCUT2D eigenvalue weighted by Gasteiger charge is 2.30. The van der Waals surface area contributed by atoms with Gasteiger partial charge in [-0.2, -0.15) is 0 Å². The molecule has 1 N–H and O–H groups in total. The van der Waals surface area contributed by atoms with E-state index in [4.69, 9.17) is 9.15 Å². The van der Waals surface area contributed by atoms with Crippen molar-refractivity contribution in [3.05, 3.63) is 83.8 Å². The number of likely N-dealkylation sites (tertiary alicyclic amines) is 1. The minimum absolute atomic E-state index is 0.00320. The second-order valence-corrected chi connectivity index (χ2v) is 9.35. The first-order valence-electron chi connectivity index (χ1n) is 10.6. The molecule has 4 rings (SSSR count). The second kappa shape index (κ2) is 9.58. The number of hydrogen-bond acceptors (Lipinski definition) is 5. The van der Waals surface area contributed by atoms with E-state index in [1.165, 1.54) is 18.4 Å². The fraction of sp³-hybridized carbons (Fsp3) is 0.292. The van der Waals surface area contributed by atoms with E-state index >= 15 is 0 Å². The molecule has 1 atom stereocenters. The van der Waals surface area contributed by atoms with Crippen LogP contribution in [0.3, 0.4) is 0 Å². The summed E-state index contributed by atoms with van der Waals surface area (Å²) in [6.07, 6.45) is 3.30. The van der Waals surface area contributed by atoms with E-state index in [1.54, 1.807) is 24.3 Å². The summed E-state index contributed by atoms with van der Waals surface area (Å²) in [7, 11) is -3.71. The zero-order valence-corrected chi connectivity index (χ0v) is 18.7. The highest BCUT2D eigenvalue weighted by atomic mass is 32.2. The number of carbonyl (C=O) groups is 1. The van der Waals surface area contributed by atoms with Gasteiger partial charge in [0.15, 0.2) is 0 Å². The van der Waals surface area contributed by atoms with E-state index in [-0.39, 0.29) is 23.4 Å². The Bertz CT molecular complexity index is 1140. The molecule has 0 unspecified atom stereocenters. The van der Waals surface area contributed by atoms with Crippen LogP contribution in [0, 0.1) is 0 Å². The van der Waals surface area contributed by atoms with Gasteiger partial charge in [-0.15, -0.1) is 0 Å². The van der Waals surface area contributed by atoms with E-state index in [0.717, 1.165) is 24.2 Å². The van der Waals surface area contributed by atoms with Gasteiger partial charge in [-0.1, -0.05) is 12.1 Å². The first-order chi connectivity index (χ1) is 15.5. The molecule has 7 nitrogen and oxygen atoms in total. The van der Waals surface area contributed by atoms with E-state index in [2.05, 4.69) is 4.72 Å². The van der Waals surface area contributed by atoms with Crippen LogP contribution in [-0.4, -0.2) is 32.4 Å². The lowest BCUT2D eigenvalue weighted by atomic mass is 10.0. The van der Waals surface area contributed by atoms with Gasteiger partial charge in [0.1, 0.15) is 11.5 Å². The van der Waals surface area contributed by atoms with Crippen LogP contribution in [-0.2, 0) is 16.6 Å². The van der Waals surface area contributed by atoms with Crippen molar-refractivity contribution < 1.29 is 22.4 Å². The maximum absolute atomic E-state index is 13.2. The lowest BCUT2D eigenvalue weighted by Gasteiger charge is -2.25. The molecular formula is C24H26N2O5S. The summed E-state index contributed by atoms with van der Waals surface area (Å²) < 4.78 is 38.2. The topological polar surface area (TPSA) is 88.8 Å². The molecule has 2 aromatic carbocycles. The van der Waals surface area contributed by atoms with Gasteiger partial charge in [0, 0.05) is 12.1 Å². The number of nitrogens with one attached hydrogen (secondary N) is 1. The summed E-state index contributed by atoms with van der Waals surface area (Å²) in [4.78, 5) is 15.1. The van der Waals surface area contributed by atoms with Gasteiger partial charge in [0.2, 0.25) is 10.0 Å². The second-order valence-electron chi connectivity index (χ2n) is 7.59. The zero-order valence-electron chi connectivity index (χ0n) is 17.9. The lowest BCUT2D eigenvalue weighted by molar-refractivity contribution is 0.0735. The SMILES string of the molecule is CCOc1ccc([C@H]2CCCN2C(=O)c2ccc(S(=O)(=O)NCc3ccco3)cc2)cc1. The van der Waals surface area contributed by atoms with Gasteiger partial charge >= 0.3 is 0 Å². The van der Waals surface area contributed by atoms with E-state index in [9.17, 15) is 13.2 Å². The normalized spacial score (nSPS) is 16.3. The van der Waals surface area contributed by atoms with Crippen molar-refractivity contribution in [1.29, 1.82) is 0 Å². The average Bonchev–Trinajstić information content (AvgIpc) is 3.50. The molecule has 0 spiro atoms. The van der Waals surface area contributed by atoms with Gasteiger partial charge in [0.05, 0.1) is 30.4 Å². The van der Waals surface area contributed by atoms with Crippen molar-refractivity contribution in [3.8, 4) is 5.75 Å². The van der Waals surface area contributed by atoms with Crippen molar-refractivity contribution in [3.63, 3.8) is 0 Å². The smallest absolute Gasteiger partial charge is 0.254 e. The Labute approximate surface area is 188 Å². The van der Waals surface area contributed by atoms with Crippen molar-refractivity contribution in [2.24, 2.45) is 0 Å². The maximum atomic E-state index is 13.2. The van der Waals surface area contributed by atoms with Crippen LogP contribution in [0.5, 0.6) is 5.75 Å². The quantitative estimate of drug-likeness (QED) is 0.553. The van der Waals surface area contributed by atoms with Crippen molar-refractivity contribution in [2.45, 2.75) is 37.2 Å². The minimum Gasteiger partial charge on any atom is -0.494 e. The third-order valence-electron chi connectivity index (χ3n) is 5.52. The molecule has 1 amide bonds. The number of amides is 1. The monoisotopic (exact) mass is 454 g/mol. The van der Waals surface area contributed by atoms with E-state index in [0.29, 0.717) is 24.5 Å². The molecule has 0 saturated carbocycles. The van der Waals surface area contributed by atoms with Crippen LogP contribution in [0.15, 0.2) is 76.2 Å². The minimum atomic E-state index is -3.71. The third-order valence-corrected chi connectivity index (χ3v) is 6.93. The highest BCUT2D eigenvalue weighted by molar-refractivity contribution is 7.89. The predicted molar refractivity (Wildman–Crippen MR) is 120 cm³/mol. The summed E-state index contributed by atoms with van der Waals surface area (Å²) in [6.45, 7) is 3.28. The van der Waals surface area contributed by atoms with Crippen LogP contribution in [0.4, 0.5) is 0 Å². The van der Waals surface area contributed by atoms with Crippen molar-refractivity contribution >= 4 is 15.9 Å². The summed E-state index contributed by atoms with van der Waals surface area (Å²) in [5.41, 5.74) is 1.54. The Morgan fingerprint density at radius 2 is 1.88 bits per heavy atom. The number of benzene rings is 2. The van der Waals surface area contributed by atoms with Gasteiger partial charge in [-0.25, -0.2) is 13.1 Å². The number of ether oxygens (including phenoxy) is 1. The molecule has 0 bridgehead atoms. The Kier molecular flexibility index (Phi) is 6.62. The number of nitrogens with zero attached hydrogens (tertiary/aromatic N) is 1. The number of sulfonamides is 1. The highest BCUT2D eigenvalue weighted by Crippen LogP contribution is 2.34. The first-order valence-corrected chi connectivity index (χ1v) is 12.1. The Morgan fingerprint density at radius 1 is 1.12 bits per heavy atom. The standard InChI is InChI=1S/C24H26N2O5S/c1-2-30-20-11-7-18(8-12-20)23-6-3-15-26(23)24(27)19-9-13-22(14-10-19)32(28,29)25-17-21-5-4-16-31-21/h4-5,7-14,16,23,25H,2-3,6,15,17H2,1H3/t23-/m1/s1. The fourth-order valence-corrected chi connectivity index (χ4v) is 4.91. The molecule has 0 radical (unpaired) electrons. The van der Waals surface area contributed by atoms with Gasteiger partial charge in [-0.3, -0.25) is 4.79 Å². The van der Waals surface area contributed by atoms with Crippen LogP contribution in [0.25, 0.3) is 0 Å².